The van der Waals surface area contributed by atoms with Gasteiger partial charge in [0.1, 0.15) is 12.4 Å². The number of hydrogen-bond donors (Lipinski definition) is 1. The molecule has 0 aromatic heterocycles. The molecule has 2 aliphatic heterocycles. The van der Waals surface area contributed by atoms with Crippen molar-refractivity contribution in [2.75, 3.05) is 55.8 Å². The number of sulfone groups is 1. The number of imide groups is 1. The number of urea groups is 1. The summed E-state index contributed by atoms with van der Waals surface area (Å²) in [5.74, 6) is -0.789. The number of carbonyl (C=O) groups excluding carboxylic acids is 2. The van der Waals surface area contributed by atoms with Crippen molar-refractivity contribution in [2.24, 2.45) is 0 Å². The van der Waals surface area contributed by atoms with Gasteiger partial charge in [-0.05, 0) is 36.5 Å². The van der Waals surface area contributed by atoms with Gasteiger partial charge in [-0.25, -0.2) is 17.6 Å². The van der Waals surface area contributed by atoms with E-state index in [1.807, 2.05) is 11.8 Å². The molecular formula is C21H30FN3O5S. The van der Waals surface area contributed by atoms with Gasteiger partial charge in [0, 0.05) is 19.6 Å². The standard InChI is InChI=1S/C21H30FN3O5S/c1-16(17-5-6-18(22)19(13-17)24-8-10-30-11-9-24)15-31(28,29)12-4-2-3-7-25-14-20(26)23-21(25)27/h5-6,13,16H,2-4,7-12,14-15H2,1H3,(H,23,26,27)/t16-/m0/s1. The minimum absolute atomic E-state index is 0.00418. The Morgan fingerprint density at radius 2 is 1.90 bits per heavy atom. The average Bonchev–Trinajstić information content (AvgIpc) is 3.05. The van der Waals surface area contributed by atoms with E-state index >= 15 is 0 Å². The lowest BCUT2D eigenvalue weighted by Crippen LogP contribution is -2.36. The Labute approximate surface area is 182 Å². The number of hydrogen-bond acceptors (Lipinski definition) is 6. The van der Waals surface area contributed by atoms with Crippen molar-refractivity contribution >= 4 is 27.5 Å². The first-order chi connectivity index (χ1) is 14.7. The van der Waals surface area contributed by atoms with Crippen molar-refractivity contribution < 1.29 is 27.1 Å². The second kappa shape index (κ2) is 10.4. The molecule has 31 heavy (non-hydrogen) atoms. The molecule has 10 heteroatoms. The maximum atomic E-state index is 14.3. The minimum Gasteiger partial charge on any atom is -0.378 e. The van der Waals surface area contributed by atoms with Crippen LogP contribution in [0.3, 0.4) is 0 Å². The highest BCUT2D eigenvalue weighted by molar-refractivity contribution is 7.91. The topological polar surface area (TPSA) is 96.0 Å². The summed E-state index contributed by atoms with van der Waals surface area (Å²) in [5.41, 5.74) is 1.30. The average molecular weight is 456 g/mol. The summed E-state index contributed by atoms with van der Waals surface area (Å²) in [4.78, 5) is 26.0. The summed E-state index contributed by atoms with van der Waals surface area (Å²) in [6.07, 6.45) is 1.80. The molecule has 8 nitrogen and oxygen atoms in total. The van der Waals surface area contributed by atoms with E-state index in [0.29, 0.717) is 57.8 Å². The number of nitrogens with one attached hydrogen (secondary N) is 1. The van der Waals surface area contributed by atoms with Gasteiger partial charge in [-0.1, -0.05) is 19.4 Å². The van der Waals surface area contributed by atoms with Gasteiger partial charge >= 0.3 is 6.03 Å². The van der Waals surface area contributed by atoms with Gasteiger partial charge in [-0.3, -0.25) is 10.1 Å². The first kappa shape index (κ1) is 23.5. The molecule has 0 aliphatic carbocycles. The number of benzene rings is 1. The molecule has 0 saturated carbocycles. The molecule has 1 N–H and O–H groups in total. The third-order valence-electron chi connectivity index (χ3n) is 5.65. The summed E-state index contributed by atoms with van der Waals surface area (Å²) < 4.78 is 44.7. The number of carbonyl (C=O) groups is 2. The zero-order valence-corrected chi connectivity index (χ0v) is 18.6. The van der Waals surface area contributed by atoms with Crippen LogP contribution in [0.25, 0.3) is 0 Å². The largest absolute Gasteiger partial charge is 0.378 e. The predicted molar refractivity (Wildman–Crippen MR) is 115 cm³/mol. The third-order valence-corrected chi connectivity index (χ3v) is 7.56. The van der Waals surface area contributed by atoms with Crippen LogP contribution >= 0.6 is 0 Å². The SMILES string of the molecule is C[C@@H](CS(=O)(=O)CCCCCN1CC(=O)NC1=O)c1ccc(F)c(N2CCOCC2)c1. The molecule has 172 valence electrons. The lowest BCUT2D eigenvalue weighted by molar-refractivity contribution is -0.118. The fourth-order valence-electron chi connectivity index (χ4n) is 3.91. The van der Waals surface area contributed by atoms with Crippen molar-refractivity contribution in [1.29, 1.82) is 0 Å². The van der Waals surface area contributed by atoms with E-state index in [1.165, 1.54) is 11.0 Å². The van der Waals surface area contributed by atoms with Crippen LogP contribution in [-0.2, 0) is 19.4 Å². The van der Waals surface area contributed by atoms with E-state index in [4.69, 9.17) is 4.74 Å². The van der Waals surface area contributed by atoms with E-state index in [0.717, 1.165) is 5.56 Å². The van der Waals surface area contributed by atoms with Crippen LogP contribution < -0.4 is 10.2 Å². The van der Waals surface area contributed by atoms with Crippen LogP contribution in [0.15, 0.2) is 18.2 Å². The van der Waals surface area contributed by atoms with Crippen molar-refractivity contribution in [3.63, 3.8) is 0 Å². The van der Waals surface area contributed by atoms with Crippen LogP contribution in [0.5, 0.6) is 0 Å². The number of unbranched alkanes of at least 4 members (excludes halogenated alkanes) is 2. The van der Waals surface area contributed by atoms with Gasteiger partial charge in [0.25, 0.3) is 0 Å². The fraction of sp³-hybridized carbons (Fsp3) is 0.619. The maximum Gasteiger partial charge on any atom is 0.324 e. The molecule has 3 amide bonds. The van der Waals surface area contributed by atoms with Crippen LogP contribution in [-0.4, -0.2) is 76.2 Å². The molecular weight excluding hydrogens is 425 g/mol. The Balaban J connectivity index is 1.47. The molecule has 1 aromatic carbocycles. The zero-order chi connectivity index (χ0) is 22.4. The molecule has 2 heterocycles. The van der Waals surface area contributed by atoms with E-state index < -0.39 is 9.84 Å². The first-order valence-electron chi connectivity index (χ1n) is 10.7. The summed E-state index contributed by atoms with van der Waals surface area (Å²) in [5, 5.41) is 2.22. The lowest BCUT2D eigenvalue weighted by Gasteiger charge is -2.29. The summed E-state index contributed by atoms with van der Waals surface area (Å²) in [7, 11) is -3.27. The Bertz CT molecular complexity index is 902. The summed E-state index contributed by atoms with van der Waals surface area (Å²) in [6.45, 7) is 4.67. The minimum atomic E-state index is -3.27. The van der Waals surface area contributed by atoms with Gasteiger partial charge in [0.2, 0.25) is 5.91 Å². The smallest absolute Gasteiger partial charge is 0.324 e. The van der Waals surface area contributed by atoms with Crippen molar-refractivity contribution in [2.45, 2.75) is 32.1 Å². The second-order valence-corrected chi connectivity index (χ2v) is 10.4. The molecule has 0 bridgehead atoms. The molecule has 2 fully saturated rings. The molecule has 1 aromatic rings. The molecule has 0 spiro atoms. The van der Waals surface area contributed by atoms with E-state index in [9.17, 15) is 22.4 Å². The number of halogens is 1. The number of amides is 3. The van der Waals surface area contributed by atoms with Gasteiger partial charge in [-0.15, -0.1) is 0 Å². The van der Waals surface area contributed by atoms with E-state index in [1.54, 1.807) is 12.1 Å². The number of rotatable bonds is 10. The van der Waals surface area contributed by atoms with Crippen molar-refractivity contribution in [3.05, 3.63) is 29.6 Å². The van der Waals surface area contributed by atoms with E-state index in [-0.39, 0.29) is 41.7 Å². The summed E-state index contributed by atoms with van der Waals surface area (Å²) in [6, 6.07) is 4.43. The highest BCUT2D eigenvalue weighted by atomic mass is 32.2. The number of morpholine rings is 1. The van der Waals surface area contributed by atoms with E-state index in [2.05, 4.69) is 5.32 Å². The summed E-state index contributed by atoms with van der Waals surface area (Å²) >= 11 is 0. The molecule has 2 saturated heterocycles. The van der Waals surface area contributed by atoms with Crippen molar-refractivity contribution in [1.82, 2.24) is 10.2 Å². The van der Waals surface area contributed by atoms with Gasteiger partial charge in [0.05, 0.1) is 30.4 Å². The quantitative estimate of drug-likeness (QED) is 0.428. The third kappa shape index (κ3) is 6.64. The van der Waals surface area contributed by atoms with Crippen LogP contribution in [0.1, 0.15) is 37.7 Å². The Morgan fingerprint density at radius 1 is 1.16 bits per heavy atom. The monoisotopic (exact) mass is 455 g/mol. The lowest BCUT2D eigenvalue weighted by atomic mass is 10.0. The number of anilines is 1. The normalized spacial score (nSPS) is 18.4. The first-order valence-corrected chi connectivity index (χ1v) is 12.5. The van der Waals surface area contributed by atoms with Gasteiger partial charge in [0.15, 0.2) is 9.84 Å². The van der Waals surface area contributed by atoms with Crippen molar-refractivity contribution in [3.8, 4) is 0 Å². The predicted octanol–water partition coefficient (Wildman–Crippen LogP) is 1.90. The second-order valence-electron chi connectivity index (χ2n) is 8.16. The number of nitrogens with zero attached hydrogens (tertiary/aromatic N) is 2. The molecule has 3 rings (SSSR count). The molecule has 1 atom stereocenters. The van der Waals surface area contributed by atoms with Gasteiger partial charge < -0.3 is 14.5 Å². The highest BCUT2D eigenvalue weighted by Gasteiger charge is 2.26. The van der Waals surface area contributed by atoms with Gasteiger partial charge in [-0.2, -0.15) is 0 Å². The number of ether oxygens (including phenoxy) is 1. The van der Waals surface area contributed by atoms with Crippen LogP contribution in [0.2, 0.25) is 0 Å². The van der Waals surface area contributed by atoms with Crippen LogP contribution in [0.4, 0.5) is 14.9 Å². The zero-order valence-electron chi connectivity index (χ0n) is 17.8. The molecule has 0 radical (unpaired) electrons. The molecule has 0 unspecified atom stereocenters. The Morgan fingerprint density at radius 3 is 2.58 bits per heavy atom. The van der Waals surface area contributed by atoms with Crippen LogP contribution in [0, 0.1) is 5.82 Å². The highest BCUT2D eigenvalue weighted by Crippen LogP contribution is 2.27. The maximum absolute atomic E-state index is 14.3. The Kier molecular flexibility index (Phi) is 7.88. The fourth-order valence-corrected chi connectivity index (χ4v) is 5.67. The Hall–Kier alpha value is -2.20. The molecule has 2 aliphatic rings.